The van der Waals surface area contributed by atoms with Crippen molar-refractivity contribution >= 4 is 15.9 Å². The van der Waals surface area contributed by atoms with Crippen LogP contribution in [0.15, 0.2) is 16.6 Å². The summed E-state index contributed by atoms with van der Waals surface area (Å²) in [6.07, 6.45) is 3.06. The van der Waals surface area contributed by atoms with Crippen molar-refractivity contribution in [1.82, 2.24) is 0 Å². The number of hydrogen-bond donors (Lipinski definition) is 1. The van der Waals surface area contributed by atoms with E-state index in [2.05, 4.69) is 15.9 Å². The summed E-state index contributed by atoms with van der Waals surface area (Å²) in [6, 6.07) is 3.08. The molecule has 0 amide bonds. The first-order chi connectivity index (χ1) is 6.18. The van der Waals surface area contributed by atoms with Gasteiger partial charge in [-0.05, 0) is 42.5 Å². The normalized spacial score (nSPS) is 21.3. The summed E-state index contributed by atoms with van der Waals surface area (Å²) in [5.41, 5.74) is 8.05. The van der Waals surface area contributed by atoms with Gasteiger partial charge in [0.25, 0.3) is 0 Å². The van der Waals surface area contributed by atoms with Crippen LogP contribution in [0.5, 0.6) is 0 Å². The van der Waals surface area contributed by atoms with Crippen LogP contribution >= 0.6 is 15.9 Å². The number of halogens is 2. The highest BCUT2D eigenvalue weighted by Gasteiger charge is 2.19. The Balaban J connectivity index is 2.56. The van der Waals surface area contributed by atoms with E-state index in [1.807, 2.05) is 0 Å². The van der Waals surface area contributed by atoms with Crippen molar-refractivity contribution in [2.45, 2.75) is 25.3 Å². The minimum atomic E-state index is -0.206. The van der Waals surface area contributed by atoms with Crippen LogP contribution < -0.4 is 5.73 Å². The quantitative estimate of drug-likeness (QED) is 0.746. The van der Waals surface area contributed by atoms with Gasteiger partial charge in [0, 0.05) is 10.5 Å². The molecule has 0 heterocycles. The van der Waals surface area contributed by atoms with Gasteiger partial charge in [0.1, 0.15) is 5.82 Å². The summed E-state index contributed by atoms with van der Waals surface area (Å²) >= 11 is 3.36. The molecule has 0 saturated carbocycles. The lowest BCUT2D eigenvalue weighted by Crippen LogP contribution is -2.18. The van der Waals surface area contributed by atoms with Gasteiger partial charge in [-0.1, -0.05) is 15.9 Å². The van der Waals surface area contributed by atoms with Crippen molar-refractivity contribution in [3.63, 3.8) is 0 Å². The molecule has 1 aliphatic carbocycles. The molecular formula is C10H11BrFN. The van der Waals surface area contributed by atoms with Crippen LogP contribution in [0, 0.1) is 5.82 Å². The van der Waals surface area contributed by atoms with E-state index in [-0.39, 0.29) is 11.9 Å². The molecule has 1 aromatic rings. The minimum absolute atomic E-state index is 0.00995. The molecule has 0 bridgehead atoms. The molecule has 2 rings (SSSR count). The second kappa shape index (κ2) is 3.39. The maximum atomic E-state index is 13.0. The van der Waals surface area contributed by atoms with Gasteiger partial charge in [0.2, 0.25) is 0 Å². The van der Waals surface area contributed by atoms with Gasteiger partial charge in [-0.3, -0.25) is 0 Å². The number of benzene rings is 1. The van der Waals surface area contributed by atoms with E-state index in [9.17, 15) is 4.39 Å². The van der Waals surface area contributed by atoms with Gasteiger partial charge in [-0.2, -0.15) is 0 Å². The SMILES string of the molecule is N[C@@H]1CCCc2c(Br)cc(F)cc21. The highest BCUT2D eigenvalue weighted by molar-refractivity contribution is 9.10. The minimum Gasteiger partial charge on any atom is -0.324 e. The smallest absolute Gasteiger partial charge is 0.124 e. The van der Waals surface area contributed by atoms with Gasteiger partial charge in [-0.25, -0.2) is 4.39 Å². The van der Waals surface area contributed by atoms with Crippen molar-refractivity contribution in [3.05, 3.63) is 33.5 Å². The van der Waals surface area contributed by atoms with Crippen LogP contribution in [0.25, 0.3) is 0 Å². The Labute approximate surface area is 85.3 Å². The summed E-state index contributed by atoms with van der Waals surface area (Å²) < 4.78 is 13.9. The number of hydrogen-bond acceptors (Lipinski definition) is 1. The third-order valence-corrected chi connectivity index (χ3v) is 3.24. The molecule has 0 spiro atoms. The van der Waals surface area contributed by atoms with Crippen LogP contribution in [-0.4, -0.2) is 0 Å². The molecule has 0 fully saturated rings. The Kier molecular flexibility index (Phi) is 2.39. The highest BCUT2D eigenvalue weighted by Crippen LogP contribution is 2.33. The Morgan fingerprint density at radius 2 is 2.23 bits per heavy atom. The Bertz CT molecular complexity index is 338. The molecule has 0 unspecified atom stereocenters. The maximum absolute atomic E-state index is 13.0. The first-order valence-corrected chi connectivity index (χ1v) is 5.21. The average molecular weight is 244 g/mol. The van der Waals surface area contributed by atoms with E-state index in [1.54, 1.807) is 6.07 Å². The van der Waals surface area contributed by atoms with Crippen LogP contribution in [0.1, 0.15) is 30.0 Å². The van der Waals surface area contributed by atoms with E-state index in [0.717, 1.165) is 29.3 Å². The average Bonchev–Trinajstić information content (AvgIpc) is 2.07. The zero-order valence-electron chi connectivity index (χ0n) is 7.19. The zero-order chi connectivity index (χ0) is 9.42. The van der Waals surface area contributed by atoms with E-state index in [4.69, 9.17) is 5.73 Å². The summed E-state index contributed by atoms with van der Waals surface area (Å²) in [4.78, 5) is 0. The Morgan fingerprint density at radius 1 is 1.46 bits per heavy atom. The molecule has 0 saturated heterocycles. The Hall–Kier alpha value is -0.410. The van der Waals surface area contributed by atoms with Crippen LogP contribution in [0.3, 0.4) is 0 Å². The lowest BCUT2D eigenvalue weighted by molar-refractivity contribution is 0.555. The molecule has 1 aliphatic rings. The first kappa shape index (κ1) is 9.16. The predicted octanol–water partition coefficient (Wildman–Crippen LogP) is 2.92. The predicted molar refractivity (Wildman–Crippen MR) is 54.0 cm³/mol. The number of nitrogens with two attached hydrogens (primary N) is 1. The molecule has 1 atom stereocenters. The number of fused-ring (bicyclic) bond motifs is 1. The van der Waals surface area contributed by atoms with Crippen LogP contribution in [0.2, 0.25) is 0 Å². The molecule has 13 heavy (non-hydrogen) atoms. The Morgan fingerprint density at radius 3 is 3.00 bits per heavy atom. The largest absolute Gasteiger partial charge is 0.324 e. The van der Waals surface area contributed by atoms with E-state index >= 15 is 0 Å². The fraction of sp³-hybridized carbons (Fsp3) is 0.400. The standard InChI is InChI=1S/C10H11BrFN/c11-9-5-6(12)4-8-7(9)2-1-3-10(8)13/h4-5,10H,1-3,13H2/t10-/m1/s1. The summed E-state index contributed by atoms with van der Waals surface area (Å²) in [7, 11) is 0. The fourth-order valence-corrected chi connectivity index (χ4v) is 2.52. The van der Waals surface area contributed by atoms with E-state index in [0.29, 0.717) is 0 Å². The van der Waals surface area contributed by atoms with E-state index < -0.39 is 0 Å². The second-order valence-corrected chi connectivity index (χ2v) is 4.31. The lowest BCUT2D eigenvalue weighted by Gasteiger charge is -2.23. The third-order valence-electron chi connectivity index (χ3n) is 2.54. The molecule has 0 radical (unpaired) electrons. The molecule has 2 N–H and O–H groups in total. The summed E-state index contributed by atoms with van der Waals surface area (Å²) in [6.45, 7) is 0. The van der Waals surface area contributed by atoms with Crippen LogP contribution in [0.4, 0.5) is 4.39 Å². The molecule has 0 aromatic heterocycles. The van der Waals surface area contributed by atoms with Gasteiger partial charge >= 0.3 is 0 Å². The van der Waals surface area contributed by atoms with Crippen molar-refractivity contribution in [2.75, 3.05) is 0 Å². The molecular weight excluding hydrogens is 233 g/mol. The first-order valence-electron chi connectivity index (χ1n) is 4.42. The molecule has 1 aromatic carbocycles. The van der Waals surface area contributed by atoms with Crippen molar-refractivity contribution in [1.29, 1.82) is 0 Å². The molecule has 1 nitrogen and oxygen atoms in total. The number of rotatable bonds is 0. The van der Waals surface area contributed by atoms with Gasteiger partial charge in [0.15, 0.2) is 0 Å². The molecule has 3 heteroatoms. The van der Waals surface area contributed by atoms with Gasteiger partial charge < -0.3 is 5.73 Å². The van der Waals surface area contributed by atoms with E-state index in [1.165, 1.54) is 11.6 Å². The maximum Gasteiger partial charge on any atom is 0.124 e. The lowest BCUT2D eigenvalue weighted by atomic mass is 9.88. The van der Waals surface area contributed by atoms with Crippen molar-refractivity contribution in [3.8, 4) is 0 Å². The molecule has 0 aliphatic heterocycles. The van der Waals surface area contributed by atoms with Crippen molar-refractivity contribution in [2.24, 2.45) is 5.73 Å². The highest BCUT2D eigenvalue weighted by atomic mass is 79.9. The van der Waals surface area contributed by atoms with Crippen LogP contribution in [-0.2, 0) is 6.42 Å². The van der Waals surface area contributed by atoms with Gasteiger partial charge in [0.05, 0.1) is 0 Å². The summed E-state index contributed by atoms with van der Waals surface area (Å²) in [5, 5.41) is 0. The topological polar surface area (TPSA) is 26.0 Å². The third kappa shape index (κ3) is 1.63. The van der Waals surface area contributed by atoms with Gasteiger partial charge in [-0.15, -0.1) is 0 Å². The molecule has 70 valence electrons. The second-order valence-electron chi connectivity index (χ2n) is 3.45. The van der Waals surface area contributed by atoms with Crippen molar-refractivity contribution < 1.29 is 4.39 Å². The monoisotopic (exact) mass is 243 g/mol. The summed E-state index contributed by atoms with van der Waals surface area (Å²) in [5.74, 6) is -0.206. The zero-order valence-corrected chi connectivity index (χ0v) is 8.77. The fourth-order valence-electron chi connectivity index (χ4n) is 1.87.